The van der Waals surface area contributed by atoms with Gasteiger partial charge in [0.15, 0.2) is 5.13 Å². The Balaban J connectivity index is 1.25. The molecule has 7 heteroatoms. The highest BCUT2D eigenvalue weighted by atomic mass is 35.5. The number of piperazine rings is 1. The van der Waals surface area contributed by atoms with Crippen molar-refractivity contribution in [3.05, 3.63) is 58.1 Å². The van der Waals surface area contributed by atoms with Crippen molar-refractivity contribution in [3.63, 3.8) is 0 Å². The van der Waals surface area contributed by atoms with Crippen LogP contribution in [0.4, 0.5) is 5.13 Å². The Morgan fingerprint density at radius 3 is 2.66 bits per heavy atom. The highest BCUT2D eigenvalue weighted by molar-refractivity contribution is 7.22. The molecule has 0 saturated carbocycles. The second-order valence-electron chi connectivity index (χ2n) is 7.49. The molecule has 5 nitrogen and oxygen atoms in total. The first kappa shape index (κ1) is 20.1. The molecule has 1 N–H and O–H groups in total. The number of thiazole rings is 1. The topological polar surface area (TPSA) is 48.5 Å². The van der Waals surface area contributed by atoms with Crippen molar-refractivity contribution in [1.29, 1.82) is 0 Å². The number of anilines is 1. The number of aromatic nitrogens is 1. The van der Waals surface area contributed by atoms with Crippen molar-refractivity contribution in [1.82, 2.24) is 15.2 Å². The van der Waals surface area contributed by atoms with Gasteiger partial charge in [0, 0.05) is 49.9 Å². The van der Waals surface area contributed by atoms with Crippen molar-refractivity contribution in [2.75, 3.05) is 44.2 Å². The fraction of sp³-hybridized carbons (Fsp3) is 0.364. The minimum absolute atomic E-state index is 0.000118. The van der Waals surface area contributed by atoms with E-state index >= 15 is 0 Å². The molecule has 0 bridgehead atoms. The lowest BCUT2D eigenvalue weighted by Crippen LogP contribution is -2.48. The lowest BCUT2D eigenvalue weighted by Gasteiger charge is -2.34. The summed E-state index contributed by atoms with van der Waals surface area (Å²) in [7, 11) is 0. The SMILES string of the molecule is Cc1ccc(C(=O)NCCN2CCN(c3nc4ccc(Cl)cc4s3)CC2)cc1C. The first-order chi connectivity index (χ1) is 14.0. The van der Waals surface area contributed by atoms with Crippen LogP contribution < -0.4 is 10.2 Å². The fourth-order valence-corrected chi connectivity index (χ4v) is 4.79. The van der Waals surface area contributed by atoms with E-state index in [1.807, 2.05) is 43.3 Å². The summed E-state index contributed by atoms with van der Waals surface area (Å²) in [6.45, 7) is 9.43. The zero-order chi connectivity index (χ0) is 20.4. The van der Waals surface area contributed by atoms with E-state index in [1.165, 1.54) is 5.56 Å². The molecule has 152 valence electrons. The van der Waals surface area contributed by atoms with Crippen LogP contribution in [0.15, 0.2) is 36.4 Å². The summed E-state index contributed by atoms with van der Waals surface area (Å²) in [4.78, 5) is 21.8. The van der Waals surface area contributed by atoms with Gasteiger partial charge >= 0.3 is 0 Å². The average molecular weight is 429 g/mol. The maximum atomic E-state index is 12.3. The van der Waals surface area contributed by atoms with Gasteiger partial charge in [-0.1, -0.05) is 29.0 Å². The molecule has 2 heterocycles. The summed E-state index contributed by atoms with van der Waals surface area (Å²) >= 11 is 7.78. The molecule has 29 heavy (non-hydrogen) atoms. The second kappa shape index (κ2) is 8.69. The molecular weight excluding hydrogens is 404 g/mol. The Bertz CT molecular complexity index is 1030. The Kier molecular flexibility index (Phi) is 6.04. The third kappa shape index (κ3) is 4.71. The van der Waals surface area contributed by atoms with E-state index < -0.39 is 0 Å². The number of benzene rings is 2. The van der Waals surface area contributed by atoms with Crippen LogP contribution in [0.5, 0.6) is 0 Å². The van der Waals surface area contributed by atoms with E-state index in [2.05, 4.69) is 22.0 Å². The lowest BCUT2D eigenvalue weighted by atomic mass is 10.1. The van der Waals surface area contributed by atoms with Gasteiger partial charge in [-0.25, -0.2) is 4.98 Å². The molecule has 3 aromatic rings. The molecule has 0 aliphatic carbocycles. The quantitative estimate of drug-likeness (QED) is 0.664. The lowest BCUT2D eigenvalue weighted by molar-refractivity contribution is 0.0947. The molecule has 1 aromatic heterocycles. The summed E-state index contributed by atoms with van der Waals surface area (Å²) in [5, 5.41) is 4.85. The van der Waals surface area contributed by atoms with Crippen molar-refractivity contribution in [3.8, 4) is 0 Å². The number of aryl methyl sites for hydroxylation is 2. The summed E-state index contributed by atoms with van der Waals surface area (Å²) in [5.74, 6) is -0.000118. The van der Waals surface area contributed by atoms with Crippen LogP contribution in [0.25, 0.3) is 10.2 Å². The normalized spacial score (nSPS) is 15.1. The molecule has 0 unspecified atom stereocenters. The van der Waals surface area contributed by atoms with Crippen molar-refractivity contribution < 1.29 is 4.79 Å². The third-order valence-electron chi connectivity index (χ3n) is 5.46. The maximum Gasteiger partial charge on any atom is 0.251 e. The van der Waals surface area contributed by atoms with E-state index in [1.54, 1.807) is 11.3 Å². The number of halogens is 1. The van der Waals surface area contributed by atoms with Gasteiger partial charge in [0.1, 0.15) is 0 Å². The van der Waals surface area contributed by atoms with Gasteiger partial charge in [0.05, 0.1) is 10.2 Å². The Morgan fingerprint density at radius 2 is 1.90 bits per heavy atom. The van der Waals surface area contributed by atoms with Gasteiger partial charge in [-0.3, -0.25) is 9.69 Å². The standard InChI is InChI=1S/C22H25ClN4OS/c1-15-3-4-17(13-16(15)2)21(28)24-7-8-26-9-11-27(12-10-26)22-25-19-6-5-18(23)14-20(19)29-22/h3-6,13-14H,7-12H2,1-2H3,(H,24,28). The zero-order valence-corrected chi connectivity index (χ0v) is 18.3. The van der Waals surface area contributed by atoms with E-state index in [0.29, 0.717) is 6.54 Å². The monoisotopic (exact) mass is 428 g/mol. The fourth-order valence-electron chi connectivity index (χ4n) is 3.50. The van der Waals surface area contributed by atoms with E-state index in [9.17, 15) is 4.79 Å². The van der Waals surface area contributed by atoms with Gasteiger partial charge < -0.3 is 10.2 Å². The van der Waals surface area contributed by atoms with Gasteiger partial charge in [0.2, 0.25) is 0 Å². The van der Waals surface area contributed by atoms with Crippen LogP contribution in [0.3, 0.4) is 0 Å². The smallest absolute Gasteiger partial charge is 0.251 e. The Hall–Kier alpha value is -2.15. The number of carbonyl (C=O) groups is 1. The number of hydrogen-bond acceptors (Lipinski definition) is 5. The molecule has 1 fully saturated rings. The van der Waals surface area contributed by atoms with Crippen LogP contribution >= 0.6 is 22.9 Å². The first-order valence-corrected chi connectivity index (χ1v) is 11.1. The predicted molar refractivity (Wildman–Crippen MR) is 122 cm³/mol. The minimum atomic E-state index is -0.000118. The third-order valence-corrected chi connectivity index (χ3v) is 6.78. The molecule has 0 radical (unpaired) electrons. The molecule has 0 atom stereocenters. The summed E-state index contributed by atoms with van der Waals surface area (Å²) in [5.41, 5.74) is 4.08. The van der Waals surface area contributed by atoms with Crippen LogP contribution in [0.1, 0.15) is 21.5 Å². The zero-order valence-electron chi connectivity index (χ0n) is 16.7. The van der Waals surface area contributed by atoms with Crippen LogP contribution in [0, 0.1) is 13.8 Å². The number of fused-ring (bicyclic) bond motifs is 1. The first-order valence-electron chi connectivity index (χ1n) is 9.88. The number of nitrogens with one attached hydrogen (secondary N) is 1. The van der Waals surface area contributed by atoms with Gasteiger partial charge in [-0.15, -0.1) is 0 Å². The van der Waals surface area contributed by atoms with Crippen molar-refractivity contribution >= 4 is 44.2 Å². The summed E-state index contributed by atoms with van der Waals surface area (Å²) in [6.07, 6.45) is 0. The van der Waals surface area contributed by atoms with Gasteiger partial charge in [-0.05, 0) is 55.3 Å². The largest absolute Gasteiger partial charge is 0.351 e. The molecule has 1 saturated heterocycles. The number of amides is 1. The molecular formula is C22H25ClN4OS. The van der Waals surface area contributed by atoms with Crippen LogP contribution in [-0.4, -0.2) is 55.1 Å². The number of nitrogens with zero attached hydrogens (tertiary/aromatic N) is 3. The number of rotatable bonds is 5. The molecule has 4 rings (SSSR count). The minimum Gasteiger partial charge on any atom is -0.351 e. The van der Waals surface area contributed by atoms with Crippen LogP contribution in [0.2, 0.25) is 5.02 Å². The van der Waals surface area contributed by atoms with Gasteiger partial charge in [0.25, 0.3) is 5.91 Å². The Morgan fingerprint density at radius 1 is 1.10 bits per heavy atom. The van der Waals surface area contributed by atoms with Crippen molar-refractivity contribution in [2.24, 2.45) is 0 Å². The highest BCUT2D eigenvalue weighted by Gasteiger charge is 2.20. The summed E-state index contributed by atoms with van der Waals surface area (Å²) in [6, 6.07) is 11.7. The van der Waals surface area contributed by atoms with E-state index in [4.69, 9.17) is 16.6 Å². The number of carbonyl (C=O) groups excluding carboxylic acids is 1. The van der Waals surface area contributed by atoms with Crippen LogP contribution in [-0.2, 0) is 0 Å². The maximum absolute atomic E-state index is 12.3. The summed E-state index contributed by atoms with van der Waals surface area (Å²) < 4.78 is 1.13. The Labute approximate surface area is 180 Å². The molecule has 1 aliphatic rings. The van der Waals surface area contributed by atoms with E-state index in [0.717, 1.165) is 64.2 Å². The predicted octanol–water partition coefficient (Wildman–Crippen LogP) is 4.12. The number of hydrogen-bond donors (Lipinski definition) is 1. The average Bonchev–Trinajstić information content (AvgIpc) is 3.13. The van der Waals surface area contributed by atoms with Gasteiger partial charge in [-0.2, -0.15) is 0 Å². The molecule has 1 amide bonds. The molecule has 1 aliphatic heterocycles. The van der Waals surface area contributed by atoms with Crippen molar-refractivity contribution in [2.45, 2.75) is 13.8 Å². The second-order valence-corrected chi connectivity index (χ2v) is 8.94. The molecule has 2 aromatic carbocycles. The molecule has 0 spiro atoms. The van der Waals surface area contributed by atoms with E-state index in [-0.39, 0.29) is 5.91 Å². The highest BCUT2D eigenvalue weighted by Crippen LogP contribution is 2.31.